The van der Waals surface area contributed by atoms with Crippen molar-refractivity contribution in [1.82, 2.24) is 0 Å². The van der Waals surface area contributed by atoms with Crippen LogP contribution in [0.5, 0.6) is 5.75 Å². The van der Waals surface area contributed by atoms with E-state index in [2.05, 4.69) is 48.5 Å². The molecule has 2 aromatic carbocycles. The second-order valence-electron chi connectivity index (χ2n) is 5.67. The molecule has 2 rings (SSSR count). The Labute approximate surface area is 127 Å². The number of hydrogen-bond acceptors (Lipinski definition) is 2. The van der Waals surface area contributed by atoms with Crippen LogP contribution in [-0.2, 0) is 19.3 Å². The van der Waals surface area contributed by atoms with Crippen LogP contribution in [0.25, 0.3) is 0 Å². The molecule has 1 atom stereocenters. The molecule has 2 nitrogen and oxygen atoms in total. The zero-order valence-electron chi connectivity index (χ0n) is 13.0. The van der Waals surface area contributed by atoms with Gasteiger partial charge >= 0.3 is 0 Å². The van der Waals surface area contributed by atoms with E-state index in [1.165, 1.54) is 16.7 Å². The predicted octanol–water partition coefficient (Wildman–Crippen LogP) is 3.76. The van der Waals surface area contributed by atoms with Crippen molar-refractivity contribution in [3.05, 3.63) is 65.2 Å². The quantitative estimate of drug-likeness (QED) is 0.839. The second kappa shape index (κ2) is 7.84. The molecule has 0 aliphatic rings. The van der Waals surface area contributed by atoms with Crippen LogP contribution in [0.2, 0.25) is 0 Å². The third-order valence-corrected chi connectivity index (χ3v) is 3.66. The molecule has 0 unspecified atom stereocenters. The number of rotatable bonds is 7. The van der Waals surface area contributed by atoms with Crippen molar-refractivity contribution in [1.29, 1.82) is 0 Å². The van der Waals surface area contributed by atoms with Crippen molar-refractivity contribution in [2.45, 2.75) is 38.6 Å². The van der Waals surface area contributed by atoms with Crippen LogP contribution in [0.4, 0.5) is 0 Å². The predicted molar refractivity (Wildman–Crippen MR) is 88.8 cm³/mol. The average Bonchev–Trinajstić information content (AvgIpc) is 2.49. The first-order chi connectivity index (χ1) is 10.2. The standard InChI is InChI=1S/C19H25NO/c1-15(20)13-17-11-12-18(19(14-17)21-2)10-6-9-16-7-4-3-5-8-16/h3-5,7-8,11-12,14-15H,6,9-10,13,20H2,1-2H3/t15-/m0/s1. The number of ether oxygens (including phenoxy) is 1. The SMILES string of the molecule is COc1cc(C[C@H](C)N)ccc1CCCc1ccccc1. The van der Waals surface area contributed by atoms with E-state index in [4.69, 9.17) is 10.5 Å². The number of hydrogen-bond donors (Lipinski definition) is 1. The van der Waals surface area contributed by atoms with Crippen LogP contribution >= 0.6 is 0 Å². The van der Waals surface area contributed by atoms with Gasteiger partial charge in [0.1, 0.15) is 5.75 Å². The summed E-state index contributed by atoms with van der Waals surface area (Å²) < 4.78 is 5.53. The Morgan fingerprint density at radius 3 is 2.43 bits per heavy atom. The van der Waals surface area contributed by atoms with Crippen molar-refractivity contribution in [3.8, 4) is 5.75 Å². The summed E-state index contributed by atoms with van der Waals surface area (Å²) in [6.07, 6.45) is 4.16. The van der Waals surface area contributed by atoms with Gasteiger partial charge < -0.3 is 10.5 Å². The molecule has 0 aliphatic carbocycles. The molecular weight excluding hydrogens is 258 g/mol. The van der Waals surface area contributed by atoms with E-state index in [-0.39, 0.29) is 6.04 Å². The van der Waals surface area contributed by atoms with E-state index >= 15 is 0 Å². The molecule has 0 saturated carbocycles. The van der Waals surface area contributed by atoms with Crippen molar-refractivity contribution in [2.24, 2.45) is 5.73 Å². The molecule has 0 amide bonds. The number of aryl methyl sites for hydroxylation is 2. The fourth-order valence-electron chi connectivity index (χ4n) is 2.62. The van der Waals surface area contributed by atoms with Crippen LogP contribution in [0.1, 0.15) is 30.0 Å². The van der Waals surface area contributed by atoms with Crippen LogP contribution < -0.4 is 10.5 Å². The maximum absolute atomic E-state index is 5.86. The highest BCUT2D eigenvalue weighted by Gasteiger charge is 2.06. The molecular formula is C19H25NO. The van der Waals surface area contributed by atoms with Crippen LogP contribution in [0, 0.1) is 0 Å². The molecule has 0 spiro atoms. The highest BCUT2D eigenvalue weighted by atomic mass is 16.5. The third kappa shape index (κ3) is 4.91. The first-order valence-electron chi connectivity index (χ1n) is 7.64. The lowest BCUT2D eigenvalue weighted by Gasteiger charge is -2.12. The second-order valence-corrected chi connectivity index (χ2v) is 5.67. The number of methoxy groups -OCH3 is 1. The maximum atomic E-state index is 5.86. The van der Waals surface area contributed by atoms with Crippen molar-refractivity contribution in [3.63, 3.8) is 0 Å². The molecule has 112 valence electrons. The molecule has 0 bridgehead atoms. The van der Waals surface area contributed by atoms with Gasteiger partial charge in [0.2, 0.25) is 0 Å². The highest BCUT2D eigenvalue weighted by molar-refractivity contribution is 5.38. The van der Waals surface area contributed by atoms with Gasteiger partial charge in [0.15, 0.2) is 0 Å². The Hall–Kier alpha value is -1.80. The van der Waals surface area contributed by atoms with Gasteiger partial charge in [-0.15, -0.1) is 0 Å². The maximum Gasteiger partial charge on any atom is 0.122 e. The monoisotopic (exact) mass is 283 g/mol. The summed E-state index contributed by atoms with van der Waals surface area (Å²) in [7, 11) is 1.74. The molecule has 0 fully saturated rings. The fourth-order valence-corrected chi connectivity index (χ4v) is 2.62. The van der Waals surface area contributed by atoms with Gasteiger partial charge in [-0.25, -0.2) is 0 Å². The summed E-state index contributed by atoms with van der Waals surface area (Å²) in [6, 6.07) is 17.3. The van der Waals surface area contributed by atoms with Crippen LogP contribution in [0.3, 0.4) is 0 Å². The first-order valence-corrected chi connectivity index (χ1v) is 7.64. The molecule has 0 saturated heterocycles. The summed E-state index contributed by atoms with van der Waals surface area (Å²) in [5.74, 6) is 0.987. The smallest absolute Gasteiger partial charge is 0.122 e. The summed E-state index contributed by atoms with van der Waals surface area (Å²) in [5, 5.41) is 0. The minimum absolute atomic E-state index is 0.179. The van der Waals surface area contributed by atoms with Gasteiger partial charge in [0, 0.05) is 6.04 Å². The minimum Gasteiger partial charge on any atom is -0.496 e. The van der Waals surface area contributed by atoms with Gasteiger partial charge in [-0.2, -0.15) is 0 Å². The van der Waals surface area contributed by atoms with Crippen molar-refractivity contribution < 1.29 is 4.74 Å². The lowest BCUT2D eigenvalue weighted by Crippen LogP contribution is -2.17. The van der Waals surface area contributed by atoms with Crippen LogP contribution in [0.15, 0.2) is 48.5 Å². The van der Waals surface area contributed by atoms with E-state index in [1.54, 1.807) is 7.11 Å². The molecule has 2 N–H and O–H groups in total. The Morgan fingerprint density at radius 1 is 1.00 bits per heavy atom. The normalized spacial score (nSPS) is 12.1. The molecule has 0 aromatic heterocycles. The molecule has 21 heavy (non-hydrogen) atoms. The minimum atomic E-state index is 0.179. The van der Waals surface area contributed by atoms with E-state index in [1.807, 2.05) is 6.92 Å². The topological polar surface area (TPSA) is 35.2 Å². The molecule has 0 aliphatic heterocycles. The fraction of sp³-hybridized carbons (Fsp3) is 0.368. The van der Waals surface area contributed by atoms with Gasteiger partial charge in [0.05, 0.1) is 7.11 Å². The molecule has 2 aromatic rings. The van der Waals surface area contributed by atoms with E-state index < -0.39 is 0 Å². The zero-order chi connectivity index (χ0) is 15.1. The van der Waals surface area contributed by atoms with Gasteiger partial charge in [-0.05, 0) is 55.4 Å². The lowest BCUT2D eigenvalue weighted by atomic mass is 10.00. The van der Waals surface area contributed by atoms with Crippen LogP contribution in [-0.4, -0.2) is 13.2 Å². The molecule has 0 radical (unpaired) electrons. The Bertz CT molecular complexity index is 549. The third-order valence-electron chi connectivity index (χ3n) is 3.66. The van der Waals surface area contributed by atoms with E-state index in [0.29, 0.717) is 0 Å². The van der Waals surface area contributed by atoms with E-state index in [9.17, 15) is 0 Å². The van der Waals surface area contributed by atoms with Gasteiger partial charge in [0.25, 0.3) is 0 Å². The Kier molecular flexibility index (Phi) is 5.82. The summed E-state index contributed by atoms with van der Waals surface area (Å²) >= 11 is 0. The molecule has 0 heterocycles. The Balaban J connectivity index is 1.96. The Morgan fingerprint density at radius 2 is 1.76 bits per heavy atom. The van der Waals surface area contributed by atoms with Crippen molar-refractivity contribution in [2.75, 3.05) is 7.11 Å². The summed E-state index contributed by atoms with van der Waals surface area (Å²) in [5.41, 5.74) is 9.77. The highest BCUT2D eigenvalue weighted by Crippen LogP contribution is 2.23. The van der Waals surface area contributed by atoms with Gasteiger partial charge in [-0.1, -0.05) is 42.5 Å². The first kappa shape index (κ1) is 15.6. The van der Waals surface area contributed by atoms with E-state index in [0.717, 1.165) is 31.4 Å². The largest absolute Gasteiger partial charge is 0.496 e. The lowest BCUT2D eigenvalue weighted by molar-refractivity contribution is 0.408. The average molecular weight is 283 g/mol. The van der Waals surface area contributed by atoms with Gasteiger partial charge in [-0.3, -0.25) is 0 Å². The summed E-state index contributed by atoms with van der Waals surface area (Å²) in [6.45, 7) is 2.03. The van der Waals surface area contributed by atoms with Crippen molar-refractivity contribution >= 4 is 0 Å². The molecule has 2 heteroatoms. The zero-order valence-corrected chi connectivity index (χ0v) is 13.0. The number of nitrogens with two attached hydrogens (primary N) is 1. The number of benzene rings is 2. The summed E-state index contributed by atoms with van der Waals surface area (Å²) in [4.78, 5) is 0.